The molecule has 1 saturated heterocycles. The average Bonchev–Trinajstić information content (AvgIpc) is 2.26. The van der Waals surface area contributed by atoms with Gasteiger partial charge in [-0.15, -0.1) is 0 Å². The summed E-state index contributed by atoms with van der Waals surface area (Å²) in [5.74, 6) is 0.821. The van der Waals surface area contributed by atoms with Crippen molar-refractivity contribution in [2.24, 2.45) is 0 Å². The van der Waals surface area contributed by atoms with Gasteiger partial charge >= 0.3 is 0 Å². The number of hydrogen-bond acceptors (Lipinski definition) is 3. The number of rotatable bonds is 2. The highest BCUT2D eigenvalue weighted by atomic mass is 16.7. The summed E-state index contributed by atoms with van der Waals surface area (Å²) < 4.78 is 11.1. The minimum absolute atomic E-state index is 0.142. The Balaban J connectivity index is 2.06. The quantitative estimate of drug-likeness (QED) is 0.809. The van der Waals surface area contributed by atoms with Gasteiger partial charge in [-0.1, -0.05) is 0 Å². The second-order valence-corrected chi connectivity index (χ2v) is 3.73. The van der Waals surface area contributed by atoms with Crippen molar-refractivity contribution < 1.29 is 14.6 Å². The number of aromatic hydroxyl groups is 1. The molecule has 1 heterocycles. The van der Waals surface area contributed by atoms with Crippen LogP contribution in [0.1, 0.15) is 24.8 Å². The minimum Gasteiger partial charge on any atom is -0.507 e. The number of phenols is 1. The molecule has 1 N–H and O–H groups in total. The molecule has 0 spiro atoms. The minimum atomic E-state index is -0.167. The Morgan fingerprint density at radius 1 is 1.53 bits per heavy atom. The van der Waals surface area contributed by atoms with Crippen LogP contribution in [0.15, 0.2) is 12.1 Å². The summed E-state index contributed by atoms with van der Waals surface area (Å²) in [6.07, 6.45) is 2.99. The molecule has 0 amide bonds. The van der Waals surface area contributed by atoms with Gasteiger partial charge in [-0.05, 0) is 31.9 Å². The van der Waals surface area contributed by atoms with Crippen molar-refractivity contribution in [3.63, 3.8) is 0 Å². The van der Waals surface area contributed by atoms with Crippen LogP contribution in [0.4, 0.5) is 0 Å². The van der Waals surface area contributed by atoms with Crippen LogP contribution in [-0.2, 0) is 4.74 Å². The van der Waals surface area contributed by atoms with Crippen LogP contribution in [-0.4, -0.2) is 18.0 Å². The van der Waals surface area contributed by atoms with E-state index in [4.69, 9.17) is 9.47 Å². The van der Waals surface area contributed by atoms with Gasteiger partial charge in [0.2, 0.25) is 0 Å². The van der Waals surface area contributed by atoms with Crippen LogP contribution in [0.3, 0.4) is 0 Å². The van der Waals surface area contributed by atoms with Gasteiger partial charge in [0.1, 0.15) is 11.5 Å². The van der Waals surface area contributed by atoms with Gasteiger partial charge in [-0.3, -0.25) is 0 Å². The molecule has 1 aliphatic heterocycles. The number of ether oxygens (including phenoxy) is 2. The van der Waals surface area contributed by atoms with E-state index in [2.05, 4.69) is 6.07 Å². The maximum atomic E-state index is 9.45. The third-order valence-electron chi connectivity index (χ3n) is 2.58. The molecule has 0 bridgehead atoms. The number of hydrogen-bond donors (Lipinski definition) is 1. The molecule has 1 aromatic rings. The largest absolute Gasteiger partial charge is 0.507 e. The van der Waals surface area contributed by atoms with Crippen molar-refractivity contribution in [1.82, 2.24) is 0 Å². The molecule has 1 atom stereocenters. The lowest BCUT2D eigenvalue weighted by atomic mass is 10.2. The maximum absolute atomic E-state index is 9.45. The van der Waals surface area contributed by atoms with Crippen molar-refractivity contribution in [3.05, 3.63) is 23.8 Å². The molecule has 1 radical (unpaired) electrons. The fourth-order valence-corrected chi connectivity index (χ4v) is 1.62. The Hall–Kier alpha value is -1.22. The molecule has 1 aliphatic rings. The van der Waals surface area contributed by atoms with Crippen molar-refractivity contribution in [3.8, 4) is 11.5 Å². The lowest BCUT2D eigenvalue weighted by Gasteiger charge is -2.24. The van der Waals surface area contributed by atoms with E-state index in [0.717, 1.165) is 25.9 Å². The standard InChI is InChI=1S/C12H15O3/c1-9-10(13)5-4-6-11(9)15-12-7-2-3-8-14-12/h4,6,12-13H,2-3,7-8H2,1H3. The third-order valence-corrected chi connectivity index (χ3v) is 2.58. The van der Waals surface area contributed by atoms with E-state index in [0.29, 0.717) is 11.3 Å². The zero-order chi connectivity index (χ0) is 10.7. The Morgan fingerprint density at radius 2 is 2.40 bits per heavy atom. The molecule has 1 aromatic carbocycles. The van der Waals surface area contributed by atoms with Gasteiger partial charge in [0.05, 0.1) is 6.61 Å². The van der Waals surface area contributed by atoms with E-state index in [1.165, 1.54) is 0 Å². The van der Waals surface area contributed by atoms with E-state index >= 15 is 0 Å². The smallest absolute Gasteiger partial charge is 0.199 e. The number of benzene rings is 1. The summed E-state index contributed by atoms with van der Waals surface area (Å²) in [6, 6.07) is 6.16. The monoisotopic (exact) mass is 207 g/mol. The summed E-state index contributed by atoms with van der Waals surface area (Å²) >= 11 is 0. The molecule has 81 valence electrons. The van der Waals surface area contributed by atoms with Gasteiger partial charge in [0.15, 0.2) is 6.29 Å². The lowest BCUT2D eigenvalue weighted by Crippen LogP contribution is -2.25. The van der Waals surface area contributed by atoms with Crippen LogP contribution in [0.5, 0.6) is 11.5 Å². The zero-order valence-corrected chi connectivity index (χ0v) is 8.82. The topological polar surface area (TPSA) is 38.7 Å². The van der Waals surface area contributed by atoms with Crippen molar-refractivity contribution in [2.45, 2.75) is 32.5 Å². The Bertz CT molecular complexity index is 330. The first kappa shape index (κ1) is 10.3. The van der Waals surface area contributed by atoms with Gasteiger partial charge in [0.25, 0.3) is 0 Å². The highest BCUT2D eigenvalue weighted by Gasteiger charge is 2.16. The van der Waals surface area contributed by atoms with Crippen molar-refractivity contribution in [2.75, 3.05) is 6.61 Å². The molecule has 1 unspecified atom stereocenters. The fraction of sp³-hybridized carbons (Fsp3) is 0.500. The second kappa shape index (κ2) is 4.53. The van der Waals surface area contributed by atoms with Crippen molar-refractivity contribution in [1.29, 1.82) is 0 Å². The van der Waals surface area contributed by atoms with E-state index in [9.17, 15) is 5.11 Å². The van der Waals surface area contributed by atoms with Crippen LogP contribution < -0.4 is 4.74 Å². The summed E-state index contributed by atoms with van der Waals surface area (Å²) in [5, 5.41) is 9.45. The highest BCUT2D eigenvalue weighted by molar-refractivity contribution is 5.41. The molecular formula is C12H15O3. The highest BCUT2D eigenvalue weighted by Crippen LogP contribution is 2.28. The first-order chi connectivity index (χ1) is 7.27. The summed E-state index contributed by atoms with van der Waals surface area (Å²) in [5.41, 5.74) is 0.715. The second-order valence-electron chi connectivity index (χ2n) is 3.73. The molecule has 1 fully saturated rings. The summed E-state index contributed by atoms with van der Waals surface area (Å²) in [7, 11) is 0. The van der Waals surface area contributed by atoms with Gasteiger partial charge in [-0.2, -0.15) is 0 Å². The Morgan fingerprint density at radius 3 is 3.13 bits per heavy atom. The fourth-order valence-electron chi connectivity index (χ4n) is 1.62. The third kappa shape index (κ3) is 2.42. The van der Waals surface area contributed by atoms with Gasteiger partial charge in [0, 0.05) is 18.1 Å². The van der Waals surface area contributed by atoms with Gasteiger partial charge in [-0.25, -0.2) is 0 Å². The van der Waals surface area contributed by atoms with E-state index in [-0.39, 0.29) is 12.0 Å². The number of phenolic OH excluding ortho intramolecular Hbond substituents is 1. The van der Waals surface area contributed by atoms with E-state index < -0.39 is 0 Å². The molecular weight excluding hydrogens is 192 g/mol. The normalized spacial score (nSPS) is 21.3. The Kier molecular flexibility index (Phi) is 3.11. The van der Waals surface area contributed by atoms with E-state index in [1.807, 2.05) is 6.92 Å². The lowest BCUT2D eigenvalue weighted by molar-refractivity contribution is -0.106. The first-order valence-electron chi connectivity index (χ1n) is 5.26. The predicted octanol–water partition coefficient (Wildman–Crippen LogP) is 2.41. The molecule has 3 nitrogen and oxygen atoms in total. The molecule has 3 heteroatoms. The molecule has 0 aliphatic carbocycles. The SMILES string of the molecule is Cc1c(O)[c]ccc1OC1CCCCO1. The molecule has 0 aromatic heterocycles. The van der Waals surface area contributed by atoms with Crippen LogP contribution in [0.25, 0.3) is 0 Å². The molecule has 2 rings (SSSR count). The first-order valence-corrected chi connectivity index (χ1v) is 5.26. The maximum Gasteiger partial charge on any atom is 0.199 e. The predicted molar refractivity (Wildman–Crippen MR) is 55.9 cm³/mol. The summed E-state index contributed by atoms with van der Waals surface area (Å²) in [4.78, 5) is 0. The van der Waals surface area contributed by atoms with E-state index in [1.54, 1.807) is 12.1 Å². The van der Waals surface area contributed by atoms with Gasteiger partial charge < -0.3 is 14.6 Å². The van der Waals surface area contributed by atoms with Crippen LogP contribution >= 0.6 is 0 Å². The Labute approximate surface area is 89.6 Å². The summed E-state index contributed by atoms with van der Waals surface area (Å²) in [6.45, 7) is 2.57. The average molecular weight is 207 g/mol. The van der Waals surface area contributed by atoms with Crippen molar-refractivity contribution >= 4 is 0 Å². The molecule has 15 heavy (non-hydrogen) atoms. The van der Waals surface area contributed by atoms with Crippen LogP contribution in [0, 0.1) is 13.0 Å². The molecule has 0 saturated carbocycles. The van der Waals surface area contributed by atoms with Crippen LogP contribution in [0.2, 0.25) is 0 Å². The zero-order valence-electron chi connectivity index (χ0n) is 8.82.